The Morgan fingerprint density at radius 1 is 1.18 bits per heavy atom. The minimum absolute atomic E-state index is 0.151. The van der Waals surface area contributed by atoms with Gasteiger partial charge in [0.15, 0.2) is 4.80 Å². The zero-order valence-electron chi connectivity index (χ0n) is 22.6. The van der Waals surface area contributed by atoms with E-state index in [-0.39, 0.29) is 18.1 Å². The fourth-order valence-electron chi connectivity index (χ4n) is 4.88. The summed E-state index contributed by atoms with van der Waals surface area (Å²) in [4.78, 5) is 33.1. The molecule has 39 heavy (non-hydrogen) atoms. The van der Waals surface area contributed by atoms with Crippen LogP contribution in [0.1, 0.15) is 60.7 Å². The number of fused-ring (bicyclic) bond motifs is 1. The lowest BCUT2D eigenvalue weighted by molar-refractivity contribution is -0.138. The molecule has 0 saturated carbocycles. The average molecular weight is 543 g/mol. The summed E-state index contributed by atoms with van der Waals surface area (Å²) in [5, 5.41) is 0. The van der Waals surface area contributed by atoms with Crippen molar-refractivity contribution in [3.63, 3.8) is 0 Å². The van der Waals surface area contributed by atoms with Gasteiger partial charge in [-0.25, -0.2) is 9.79 Å². The summed E-state index contributed by atoms with van der Waals surface area (Å²) < 4.78 is 18.8. The van der Waals surface area contributed by atoms with Crippen LogP contribution < -0.4 is 19.6 Å². The molecule has 1 aliphatic rings. The van der Waals surface area contributed by atoms with E-state index >= 15 is 0 Å². The van der Waals surface area contributed by atoms with Crippen LogP contribution in [0.2, 0.25) is 0 Å². The van der Waals surface area contributed by atoms with Crippen LogP contribution in [0, 0.1) is 6.92 Å². The van der Waals surface area contributed by atoms with E-state index in [1.807, 2.05) is 49.4 Å². The van der Waals surface area contributed by atoms with Crippen LogP contribution in [-0.4, -0.2) is 24.3 Å². The molecule has 0 unspecified atom stereocenters. The second kappa shape index (κ2) is 10.9. The van der Waals surface area contributed by atoms with Crippen molar-refractivity contribution in [1.82, 2.24) is 4.57 Å². The number of carbonyl (C=O) groups excluding carboxylic acids is 1. The molecule has 0 amide bonds. The highest BCUT2D eigenvalue weighted by atomic mass is 32.1. The summed E-state index contributed by atoms with van der Waals surface area (Å²) in [6.07, 6.45) is 3.27. The standard InChI is InChI=1S/C31H30N2O5S/c1-6-37-30(35)26-27(20-11-8-7-9-12-20)32-31-33(29(34)25(39-31)16-21-13-10-14-38-21)28(26)23-17-22(18(2)3)24(36-5)15-19(23)4/h7-18,28H,6H2,1-5H3/b25-16-/t28-/m1/s1. The molecule has 2 aromatic heterocycles. The molecule has 3 heterocycles. The summed E-state index contributed by atoms with van der Waals surface area (Å²) in [5.74, 6) is 0.971. The molecule has 0 N–H and O–H groups in total. The van der Waals surface area contributed by atoms with Crippen molar-refractivity contribution < 1.29 is 18.7 Å². The largest absolute Gasteiger partial charge is 0.496 e. The van der Waals surface area contributed by atoms with Crippen LogP contribution in [0.25, 0.3) is 11.8 Å². The summed E-state index contributed by atoms with van der Waals surface area (Å²) in [5.41, 5.74) is 4.01. The minimum Gasteiger partial charge on any atom is -0.496 e. The van der Waals surface area contributed by atoms with Crippen molar-refractivity contribution in [1.29, 1.82) is 0 Å². The number of hydrogen-bond donors (Lipinski definition) is 0. The van der Waals surface area contributed by atoms with Gasteiger partial charge in [0.05, 0.1) is 41.8 Å². The van der Waals surface area contributed by atoms with Gasteiger partial charge in [0.2, 0.25) is 0 Å². The van der Waals surface area contributed by atoms with E-state index < -0.39 is 12.0 Å². The third-order valence-electron chi connectivity index (χ3n) is 6.73. The molecule has 0 radical (unpaired) electrons. The Labute approximate surface area is 230 Å². The fraction of sp³-hybridized carbons (Fsp3) is 0.258. The number of furan rings is 1. The highest BCUT2D eigenvalue weighted by Crippen LogP contribution is 2.39. The van der Waals surface area contributed by atoms with Gasteiger partial charge in [-0.2, -0.15) is 0 Å². The lowest BCUT2D eigenvalue weighted by atomic mass is 9.87. The molecule has 0 saturated heterocycles. The zero-order chi connectivity index (χ0) is 27.7. The number of thiazole rings is 1. The number of rotatable bonds is 7. The van der Waals surface area contributed by atoms with Crippen LogP contribution in [0.3, 0.4) is 0 Å². The first-order valence-corrected chi connectivity index (χ1v) is 13.7. The number of aryl methyl sites for hydroxylation is 1. The van der Waals surface area contributed by atoms with E-state index in [2.05, 4.69) is 13.8 Å². The second-order valence-electron chi connectivity index (χ2n) is 9.55. The van der Waals surface area contributed by atoms with Crippen molar-refractivity contribution >= 4 is 29.1 Å². The predicted molar refractivity (Wildman–Crippen MR) is 152 cm³/mol. The van der Waals surface area contributed by atoms with Gasteiger partial charge in [-0.15, -0.1) is 0 Å². The summed E-state index contributed by atoms with van der Waals surface area (Å²) >= 11 is 1.27. The highest BCUT2D eigenvalue weighted by Gasteiger charge is 2.36. The van der Waals surface area contributed by atoms with Crippen molar-refractivity contribution in [3.05, 3.63) is 114 Å². The molecule has 0 aliphatic carbocycles. The molecule has 0 spiro atoms. The third kappa shape index (κ3) is 4.88. The number of benzene rings is 2. The maximum atomic E-state index is 14.0. The van der Waals surface area contributed by atoms with Gasteiger partial charge in [-0.3, -0.25) is 9.36 Å². The lowest BCUT2D eigenvalue weighted by Crippen LogP contribution is -2.40. The summed E-state index contributed by atoms with van der Waals surface area (Å²) in [7, 11) is 1.65. The maximum Gasteiger partial charge on any atom is 0.338 e. The Morgan fingerprint density at radius 3 is 2.59 bits per heavy atom. The molecular formula is C31H30N2O5S. The van der Waals surface area contributed by atoms with Gasteiger partial charge in [0, 0.05) is 11.6 Å². The maximum absolute atomic E-state index is 14.0. The van der Waals surface area contributed by atoms with E-state index in [0.29, 0.717) is 26.4 Å². The highest BCUT2D eigenvalue weighted by molar-refractivity contribution is 7.07. The molecule has 0 fully saturated rings. The van der Waals surface area contributed by atoms with E-state index in [1.54, 1.807) is 43.1 Å². The molecule has 2 aromatic carbocycles. The quantitative estimate of drug-likeness (QED) is 0.308. The van der Waals surface area contributed by atoms with Crippen LogP contribution in [-0.2, 0) is 9.53 Å². The molecule has 4 aromatic rings. The number of hydrogen-bond acceptors (Lipinski definition) is 7. The van der Waals surface area contributed by atoms with Crippen molar-refractivity contribution in [2.75, 3.05) is 13.7 Å². The number of esters is 1. The predicted octanol–water partition coefficient (Wildman–Crippen LogP) is 4.97. The third-order valence-corrected chi connectivity index (χ3v) is 7.71. The van der Waals surface area contributed by atoms with Gasteiger partial charge in [-0.05, 0) is 60.7 Å². The first kappa shape index (κ1) is 26.4. The van der Waals surface area contributed by atoms with Crippen molar-refractivity contribution in [3.8, 4) is 5.75 Å². The molecule has 7 nitrogen and oxygen atoms in total. The molecular weight excluding hydrogens is 512 g/mol. The number of carbonyl (C=O) groups is 1. The Kier molecular flexibility index (Phi) is 7.39. The van der Waals surface area contributed by atoms with Gasteiger partial charge < -0.3 is 13.9 Å². The number of methoxy groups -OCH3 is 1. The molecule has 1 aliphatic heterocycles. The molecule has 8 heteroatoms. The van der Waals surface area contributed by atoms with Gasteiger partial charge in [0.25, 0.3) is 5.56 Å². The number of nitrogens with zero attached hydrogens (tertiary/aromatic N) is 2. The average Bonchev–Trinajstić information content (AvgIpc) is 3.55. The second-order valence-corrected chi connectivity index (χ2v) is 10.6. The number of ether oxygens (including phenoxy) is 2. The Morgan fingerprint density at radius 2 is 1.95 bits per heavy atom. The van der Waals surface area contributed by atoms with Crippen molar-refractivity contribution in [2.45, 2.75) is 39.7 Å². The molecule has 1 atom stereocenters. The van der Waals surface area contributed by atoms with Crippen LogP contribution in [0.4, 0.5) is 0 Å². The summed E-state index contributed by atoms with van der Waals surface area (Å²) in [6.45, 7) is 8.10. The van der Waals surface area contributed by atoms with E-state index in [4.69, 9.17) is 18.9 Å². The first-order chi connectivity index (χ1) is 18.8. The van der Waals surface area contributed by atoms with E-state index in [1.165, 1.54) is 11.3 Å². The van der Waals surface area contributed by atoms with Crippen LogP contribution >= 0.6 is 11.3 Å². The summed E-state index contributed by atoms with van der Waals surface area (Å²) in [6, 6.07) is 16.3. The topological polar surface area (TPSA) is 83.0 Å². The van der Waals surface area contributed by atoms with Crippen molar-refractivity contribution in [2.24, 2.45) is 4.99 Å². The first-order valence-electron chi connectivity index (χ1n) is 12.8. The number of aromatic nitrogens is 1. The van der Waals surface area contributed by atoms with Crippen LogP contribution in [0.15, 0.2) is 80.6 Å². The Balaban J connectivity index is 1.89. The Bertz CT molecular complexity index is 1730. The van der Waals surface area contributed by atoms with E-state index in [9.17, 15) is 9.59 Å². The normalized spacial score (nSPS) is 15.3. The van der Waals surface area contributed by atoms with Gasteiger partial charge >= 0.3 is 5.97 Å². The molecule has 5 rings (SSSR count). The van der Waals surface area contributed by atoms with E-state index in [0.717, 1.165) is 28.0 Å². The SMILES string of the molecule is CCOC(=O)C1=C(c2ccccc2)N=c2s/c(=C\c3ccco3)c(=O)n2[C@@H]1c1cc(C(C)C)c(OC)cc1C. The van der Waals surface area contributed by atoms with Gasteiger partial charge in [-0.1, -0.05) is 55.5 Å². The lowest BCUT2D eigenvalue weighted by Gasteiger charge is -2.28. The van der Waals surface area contributed by atoms with Crippen LogP contribution in [0.5, 0.6) is 5.75 Å². The fourth-order valence-corrected chi connectivity index (χ4v) is 5.86. The monoisotopic (exact) mass is 542 g/mol. The molecule has 200 valence electrons. The minimum atomic E-state index is -0.752. The van der Waals surface area contributed by atoms with Gasteiger partial charge in [0.1, 0.15) is 11.5 Å². The molecule has 0 bridgehead atoms. The smallest absolute Gasteiger partial charge is 0.338 e. The Hall–Kier alpha value is -4.17. The zero-order valence-corrected chi connectivity index (χ0v) is 23.4.